The number of nitrogens with zero attached hydrogens (tertiary/aromatic N) is 3. The molecule has 0 spiro atoms. The van der Waals surface area contributed by atoms with Crippen LogP contribution >= 0.6 is 0 Å². The second-order valence-electron chi connectivity index (χ2n) is 6.94. The highest BCUT2D eigenvalue weighted by Crippen LogP contribution is 2.30. The van der Waals surface area contributed by atoms with Gasteiger partial charge in [0.15, 0.2) is 5.69 Å². The van der Waals surface area contributed by atoms with Crippen molar-refractivity contribution in [2.24, 2.45) is 17.6 Å². The Morgan fingerprint density at radius 1 is 1.28 bits per heavy atom. The van der Waals surface area contributed by atoms with Crippen LogP contribution in [0.1, 0.15) is 30.8 Å². The number of carbonyl (C=O) groups is 1. The lowest BCUT2D eigenvalue weighted by Crippen LogP contribution is -2.40. The largest absolute Gasteiger partial charge is 0.492 e. The molecule has 134 valence electrons. The molecule has 1 aromatic heterocycles. The molecule has 1 amide bonds. The summed E-state index contributed by atoms with van der Waals surface area (Å²) in [6, 6.07) is 7.49. The third-order valence-electron chi connectivity index (χ3n) is 4.53. The summed E-state index contributed by atoms with van der Waals surface area (Å²) in [4.78, 5) is 14.0. The number of amides is 1. The van der Waals surface area contributed by atoms with Crippen LogP contribution in [-0.2, 0) is 0 Å². The number of carbonyl (C=O) groups excluding carboxylic acids is 1. The fourth-order valence-electron chi connectivity index (χ4n) is 3.64. The van der Waals surface area contributed by atoms with Crippen molar-refractivity contribution in [3.05, 3.63) is 30.0 Å². The van der Waals surface area contributed by atoms with E-state index in [4.69, 9.17) is 10.5 Å². The molecule has 3 rings (SSSR count). The minimum absolute atomic E-state index is 0.120. The summed E-state index contributed by atoms with van der Waals surface area (Å²) in [6.45, 7) is 8.29. The van der Waals surface area contributed by atoms with Gasteiger partial charge in [-0.1, -0.05) is 26.0 Å². The molecule has 3 N–H and O–H groups in total. The molecule has 0 radical (unpaired) electrons. The molecule has 7 nitrogen and oxygen atoms in total. The lowest BCUT2D eigenvalue weighted by atomic mass is 9.92. The van der Waals surface area contributed by atoms with Gasteiger partial charge in [-0.15, -0.1) is 0 Å². The van der Waals surface area contributed by atoms with Gasteiger partial charge in [0.05, 0.1) is 0 Å². The Kier molecular flexibility index (Phi) is 5.33. The van der Waals surface area contributed by atoms with Crippen molar-refractivity contribution in [1.82, 2.24) is 20.3 Å². The van der Waals surface area contributed by atoms with Crippen LogP contribution in [0.2, 0.25) is 0 Å². The van der Waals surface area contributed by atoms with E-state index >= 15 is 0 Å². The van der Waals surface area contributed by atoms with Crippen molar-refractivity contribution in [1.29, 1.82) is 0 Å². The van der Waals surface area contributed by atoms with Crippen molar-refractivity contribution in [2.45, 2.75) is 20.3 Å². The maximum atomic E-state index is 11.5. The number of hydrogen-bond donors (Lipinski definition) is 2. The third-order valence-corrected chi connectivity index (χ3v) is 4.53. The minimum Gasteiger partial charge on any atom is -0.492 e. The molecule has 2 unspecified atom stereocenters. The molecule has 2 atom stereocenters. The predicted molar refractivity (Wildman–Crippen MR) is 95.2 cm³/mol. The van der Waals surface area contributed by atoms with Gasteiger partial charge in [0.2, 0.25) is 0 Å². The zero-order valence-corrected chi connectivity index (χ0v) is 14.7. The first-order chi connectivity index (χ1) is 12.0. The number of rotatable bonds is 6. The molecule has 0 bridgehead atoms. The lowest BCUT2D eigenvalue weighted by Gasteiger charge is -2.34. The molecule has 1 aliphatic heterocycles. The summed E-state index contributed by atoms with van der Waals surface area (Å²) in [7, 11) is 0. The number of ether oxygens (including phenoxy) is 1. The Hall–Kier alpha value is -2.41. The van der Waals surface area contributed by atoms with E-state index in [1.807, 2.05) is 24.3 Å². The van der Waals surface area contributed by atoms with Gasteiger partial charge in [0.25, 0.3) is 5.91 Å². The van der Waals surface area contributed by atoms with E-state index in [1.54, 1.807) is 0 Å². The Morgan fingerprint density at radius 2 is 2.00 bits per heavy atom. The molecule has 0 aliphatic carbocycles. The molecule has 1 aromatic carbocycles. The van der Waals surface area contributed by atoms with Crippen molar-refractivity contribution in [3.63, 3.8) is 0 Å². The van der Waals surface area contributed by atoms with Crippen LogP contribution in [0.25, 0.3) is 11.3 Å². The number of piperidine rings is 1. The zero-order chi connectivity index (χ0) is 17.8. The molecule has 1 fully saturated rings. The van der Waals surface area contributed by atoms with Crippen molar-refractivity contribution < 1.29 is 9.53 Å². The van der Waals surface area contributed by atoms with Crippen LogP contribution < -0.4 is 10.5 Å². The average molecular weight is 343 g/mol. The van der Waals surface area contributed by atoms with Crippen molar-refractivity contribution in [2.75, 3.05) is 26.2 Å². The van der Waals surface area contributed by atoms with E-state index in [0.717, 1.165) is 31.5 Å². The standard InChI is InChI=1S/C18H25N5O2/c1-12-9-13(2)11-23(10-12)7-8-25-15-6-4-3-5-14(15)16-17(18(19)24)21-22-20-16/h3-6,12-13H,7-11H2,1-2H3,(H2,19,24)(H,20,21,22). The Bertz CT molecular complexity index is 720. The van der Waals surface area contributed by atoms with E-state index in [9.17, 15) is 4.79 Å². The molecular weight excluding hydrogens is 318 g/mol. The second-order valence-corrected chi connectivity index (χ2v) is 6.94. The predicted octanol–water partition coefficient (Wildman–Crippen LogP) is 1.93. The maximum Gasteiger partial charge on any atom is 0.271 e. The summed E-state index contributed by atoms with van der Waals surface area (Å²) in [5.41, 5.74) is 6.61. The van der Waals surface area contributed by atoms with Crippen LogP contribution in [0, 0.1) is 11.8 Å². The number of hydrogen-bond acceptors (Lipinski definition) is 5. The van der Waals surface area contributed by atoms with Crippen molar-refractivity contribution in [3.8, 4) is 17.0 Å². The molecule has 1 aliphatic rings. The number of likely N-dealkylation sites (tertiary alicyclic amines) is 1. The fraction of sp³-hybridized carbons (Fsp3) is 0.500. The number of nitrogens with one attached hydrogen (secondary N) is 1. The molecule has 25 heavy (non-hydrogen) atoms. The van der Waals surface area contributed by atoms with Crippen LogP contribution in [0.4, 0.5) is 0 Å². The van der Waals surface area contributed by atoms with Gasteiger partial charge < -0.3 is 10.5 Å². The highest BCUT2D eigenvalue weighted by atomic mass is 16.5. The summed E-state index contributed by atoms with van der Waals surface area (Å²) in [6.07, 6.45) is 1.29. The maximum absolute atomic E-state index is 11.5. The monoisotopic (exact) mass is 343 g/mol. The quantitative estimate of drug-likeness (QED) is 0.835. The molecule has 2 aromatic rings. The zero-order valence-electron chi connectivity index (χ0n) is 14.7. The number of aromatic amines is 1. The summed E-state index contributed by atoms with van der Waals surface area (Å²) in [5.74, 6) is 1.51. The lowest BCUT2D eigenvalue weighted by molar-refractivity contribution is 0.0996. The molecule has 0 saturated carbocycles. The van der Waals surface area contributed by atoms with Gasteiger partial charge >= 0.3 is 0 Å². The highest BCUT2D eigenvalue weighted by molar-refractivity contribution is 5.97. The smallest absolute Gasteiger partial charge is 0.271 e. The summed E-state index contributed by atoms with van der Waals surface area (Å²) < 4.78 is 5.99. The molecule has 7 heteroatoms. The SMILES string of the molecule is CC1CC(C)CN(CCOc2ccccc2-c2n[nH]nc2C(N)=O)C1. The van der Waals surface area contributed by atoms with Gasteiger partial charge in [-0.25, -0.2) is 0 Å². The topological polar surface area (TPSA) is 97.1 Å². The number of H-pyrrole nitrogens is 1. The van der Waals surface area contributed by atoms with Crippen LogP contribution in [0.3, 0.4) is 0 Å². The second kappa shape index (κ2) is 7.65. The normalized spacial score (nSPS) is 21.2. The molecule has 2 heterocycles. The molecular formula is C18H25N5O2. The van der Waals surface area contributed by atoms with E-state index < -0.39 is 5.91 Å². The number of nitrogens with two attached hydrogens (primary N) is 1. The Morgan fingerprint density at radius 3 is 2.72 bits per heavy atom. The first-order valence-corrected chi connectivity index (χ1v) is 8.69. The van der Waals surface area contributed by atoms with Gasteiger partial charge in [-0.2, -0.15) is 15.4 Å². The number of para-hydroxylation sites is 1. The van der Waals surface area contributed by atoms with Crippen molar-refractivity contribution >= 4 is 5.91 Å². The van der Waals surface area contributed by atoms with E-state index in [1.165, 1.54) is 6.42 Å². The Balaban J connectivity index is 1.67. The van der Waals surface area contributed by atoms with E-state index in [-0.39, 0.29) is 5.69 Å². The van der Waals surface area contributed by atoms with Crippen LogP contribution in [-0.4, -0.2) is 52.5 Å². The van der Waals surface area contributed by atoms with Crippen LogP contribution in [0.15, 0.2) is 24.3 Å². The summed E-state index contributed by atoms with van der Waals surface area (Å²) in [5, 5.41) is 10.3. The van der Waals surface area contributed by atoms with Gasteiger partial charge in [0.1, 0.15) is 18.1 Å². The average Bonchev–Trinajstić information content (AvgIpc) is 3.04. The van der Waals surface area contributed by atoms with Gasteiger partial charge in [-0.3, -0.25) is 9.69 Å². The van der Waals surface area contributed by atoms with E-state index in [2.05, 4.69) is 34.2 Å². The third kappa shape index (κ3) is 4.17. The van der Waals surface area contributed by atoms with Gasteiger partial charge in [-0.05, 0) is 30.4 Å². The Labute approximate surface area is 147 Å². The van der Waals surface area contributed by atoms with Gasteiger partial charge in [0, 0.05) is 25.2 Å². The number of benzene rings is 1. The van der Waals surface area contributed by atoms with E-state index in [0.29, 0.717) is 23.6 Å². The number of primary amides is 1. The number of aromatic nitrogens is 3. The summed E-state index contributed by atoms with van der Waals surface area (Å²) >= 11 is 0. The first kappa shape index (κ1) is 17.4. The van der Waals surface area contributed by atoms with Crippen LogP contribution in [0.5, 0.6) is 5.75 Å². The minimum atomic E-state index is -0.616. The molecule has 1 saturated heterocycles. The first-order valence-electron chi connectivity index (χ1n) is 8.69. The fourth-order valence-corrected chi connectivity index (χ4v) is 3.64. The highest BCUT2D eigenvalue weighted by Gasteiger charge is 2.22.